The van der Waals surface area contributed by atoms with Gasteiger partial charge in [0.2, 0.25) is 0 Å². The number of thiophene rings is 1. The lowest BCUT2D eigenvalue weighted by atomic mass is 10.2. The molecule has 0 fully saturated rings. The van der Waals surface area contributed by atoms with E-state index in [4.69, 9.17) is 0 Å². The lowest BCUT2D eigenvalue weighted by Gasteiger charge is -2.03. The van der Waals surface area contributed by atoms with Crippen molar-refractivity contribution in [3.8, 4) is 10.4 Å². The number of nitrogens with one attached hydrogen (secondary N) is 1. The summed E-state index contributed by atoms with van der Waals surface area (Å²) in [6.07, 6.45) is 4.66. The maximum absolute atomic E-state index is 3.95. The molecule has 0 unspecified atom stereocenters. The molecule has 2 heterocycles. The van der Waals surface area contributed by atoms with E-state index in [1.165, 1.54) is 15.3 Å². The fourth-order valence-electron chi connectivity index (χ4n) is 2.16. The van der Waals surface area contributed by atoms with Crippen molar-refractivity contribution in [3.63, 3.8) is 0 Å². The number of nitrogens with zero attached hydrogens (tertiary/aromatic N) is 3. The zero-order valence-electron chi connectivity index (χ0n) is 11.8. The van der Waals surface area contributed by atoms with E-state index in [0.717, 1.165) is 26.1 Å². The second kappa shape index (κ2) is 7.15. The van der Waals surface area contributed by atoms with Crippen molar-refractivity contribution in [2.75, 3.05) is 6.54 Å². The first-order valence-electron chi connectivity index (χ1n) is 7.11. The van der Waals surface area contributed by atoms with Crippen LogP contribution in [0.1, 0.15) is 11.3 Å². The molecule has 0 spiro atoms. The third-order valence-corrected chi connectivity index (χ3v) is 4.37. The maximum atomic E-state index is 3.95. The van der Waals surface area contributed by atoms with Gasteiger partial charge in [-0.1, -0.05) is 35.5 Å². The molecule has 4 nitrogen and oxygen atoms in total. The molecule has 0 amide bonds. The Morgan fingerprint density at radius 3 is 2.81 bits per heavy atom. The highest BCUT2D eigenvalue weighted by Crippen LogP contribution is 2.27. The van der Waals surface area contributed by atoms with E-state index in [-0.39, 0.29) is 0 Å². The molecule has 21 heavy (non-hydrogen) atoms. The van der Waals surface area contributed by atoms with E-state index in [2.05, 4.69) is 58.1 Å². The molecule has 0 aliphatic rings. The molecule has 0 saturated carbocycles. The monoisotopic (exact) mass is 298 g/mol. The maximum Gasteiger partial charge on any atom is 0.0692 e. The standard InChI is InChI=1S/C16H18N4S/c1-2-5-14(6-3-1)16-8-7-15(21-16)13-17-9-4-11-20-12-10-18-19-20/h1-3,5-8,10,12,17H,4,9,11,13H2. The number of benzene rings is 1. The quantitative estimate of drug-likeness (QED) is 0.681. The highest BCUT2D eigenvalue weighted by Gasteiger charge is 2.02. The van der Waals surface area contributed by atoms with Gasteiger partial charge in [-0.2, -0.15) is 0 Å². The van der Waals surface area contributed by atoms with Crippen molar-refractivity contribution in [2.45, 2.75) is 19.5 Å². The third kappa shape index (κ3) is 4.00. The van der Waals surface area contributed by atoms with Crippen LogP contribution in [0.15, 0.2) is 54.9 Å². The minimum Gasteiger partial charge on any atom is -0.312 e. The molecule has 0 aliphatic heterocycles. The zero-order valence-corrected chi connectivity index (χ0v) is 12.6. The molecule has 0 aliphatic carbocycles. The lowest BCUT2D eigenvalue weighted by molar-refractivity contribution is 0.531. The van der Waals surface area contributed by atoms with Crippen LogP contribution in [-0.4, -0.2) is 21.5 Å². The molecule has 3 rings (SSSR count). The highest BCUT2D eigenvalue weighted by atomic mass is 32.1. The van der Waals surface area contributed by atoms with Crippen LogP contribution in [0.3, 0.4) is 0 Å². The van der Waals surface area contributed by atoms with E-state index in [9.17, 15) is 0 Å². The predicted octanol–water partition coefficient (Wildman–Crippen LogP) is 3.19. The summed E-state index contributed by atoms with van der Waals surface area (Å²) in [5.41, 5.74) is 1.29. The smallest absolute Gasteiger partial charge is 0.0692 e. The summed E-state index contributed by atoms with van der Waals surface area (Å²) in [6.45, 7) is 2.82. The van der Waals surface area contributed by atoms with Gasteiger partial charge in [0.15, 0.2) is 0 Å². The van der Waals surface area contributed by atoms with Crippen molar-refractivity contribution in [1.82, 2.24) is 20.3 Å². The van der Waals surface area contributed by atoms with Crippen molar-refractivity contribution < 1.29 is 0 Å². The topological polar surface area (TPSA) is 42.7 Å². The molecular formula is C16H18N4S. The Morgan fingerprint density at radius 1 is 1.10 bits per heavy atom. The van der Waals surface area contributed by atoms with Crippen molar-refractivity contribution >= 4 is 11.3 Å². The first-order chi connectivity index (χ1) is 10.4. The first-order valence-corrected chi connectivity index (χ1v) is 7.92. The van der Waals surface area contributed by atoms with E-state index in [0.29, 0.717) is 0 Å². The van der Waals surface area contributed by atoms with Crippen LogP contribution in [0.4, 0.5) is 0 Å². The van der Waals surface area contributed by atoms with Gasteiger partial charge in [-0.3, -0.25) is 4.68 Å². The molecule has 0 saturated heterocycles. The average molecular weight is 298 g/mol. The molecule has 0 bridgehead atoms. The Labute approximate surface area is 128 Å². The van der Waals surface area contributed by atoms with Crippen LogP contribution in [0.25, 0.3) is 10.4 Å². The van der Waals surface area contributed by atoms with Crippen LogP contribution in [0.5, 0.6) is 0 Å². The van der Waals surface area contributed by atoms with Gasteiger partial charge in [-0.25, -0.2) is 0 Å². The summed E-state index contributed by atoms with van der Waals surface area (Å²) in [6, 6.07) is 14.9. The summed E-state index contributed by atoms with van der Waals surface area (Å²) in [5, 5.41) is 11.2. The SMILES string of the molecule is c1ccc(-c2ccc(CNCCCn3ccnn3)s2)cc1. The molecule has 108 valence electrons. The van der Waals surface area contributed by atoms with E-state index in [1.807, 2.05) is 22.2 Å². The minimum absolute atomic E-state index is 0.909. The summed E-state index contributed by atoms with van der Waals surface area (Å²) >= 11 is 1.85. The van der Waals surface area contributed by atoms with Gasteiger partial charge in [0.25, 0.3) is 0 Å². The van der Waals surface area contributed by atoms with Crippen LogP contribution >= 0.6 is 11.3 Å². The molecule has 5 heteroatoms. The van der Waals surface area contributed by atoms with Crippen LogP contribution in [-0.2, 0) is 13.1 Å². The summed E-state index contributed by atoms with van der Waals surface area (Å²) in [5.74, 6) is 0. The number of aryl methyl sites for hydroxylation is 1. The largest absolute Gasteiger partial charge is 0.312 e. The minimum atomic E-state index is 0.909. The fraction of sp³-hybridized carbons (Fsp3) is 0.250. The van der Waals surface area contributed by atoms with Crippen molar-refractivity contribution in [2.24, 2.45) is 0 Å². The van der Waals surface area contributed by atoms with E-state index < -0.39 is 0 Å². The number of hydrogen-bond donors (Lipinski definition) is 1. The molecule has 0 radical (unpaired) electrons. The summed E-state index contributed by atoms with van der Waals surface area (Å²) in [4.78, 5) is 2.70. The third-order valence-electron chi connectivity index (χ3n) is 3.23. The Balaban J connectivity index is 1.43. The van der Waals surface area contributed by atoms with Gasteiger partial charge in [-0.05, 0) is 30.7 Å². The van der Waals surface area contributed by atoms with Gasteiger partial charge in [0.05, 0.1) is 6.20 Å². The number of hydrogen-bond acceptors (Lipinski definition) is 4. The second-order valence-electron chi connectivity index (χ2n) is 4.83. The van der Waals surface area contributed by atoms with Gasteiger partial charge >= 0.3 is 0 Å². The molecule has 1 aromatic carbocycles. The summed E-state index contributed by atoms with van der Waals surface area (Å²) in [7, 11) is 0. The first kappa shape index (κ1) is 14.0. The molecule has 1 N–H and O–H groups in total. The Hall–Kier alpha value is -1.98. The van der Waals surface area contributed by atoms with E-state index in [1.54, 1.807) is 6.20 Å². The molecule has 2 aromatic heterocycles. The van der Waals surface area contributed by atoms with Crippen molar-refractivity contribution in [3.05, 3.63) is 59.7 Å². The van der Waals surface area contributed by atoms with Gasteiger partial charge < -0.3 is 5.32 Å². The van der Waals surface area contributed by atoms with Gasteiger partial charge in [0.1, 0.15) is 0 Å². The lowest BCUT2D eigenvalue weighted by Crippen LogP contribution is -2.16. The van der Waals surface area contributed by atoms with Crippen molar-refractivity contribution in [1.29, 1.82) is 0 Å². The Bertz CT molecular complexity index is 646. The normalized spacial score (nSPS) is 10.9. The Morgan fingerprint density at radius 2 is 2.00 bits per heavy atom. The van der Waals surface area contributed by atoms with Crippen LogP contribution in [0, 0.1) is 0 Å². The van der Waals surface area contributed by atoms with Gasteiger partial charge in [-0.15, -0.1) is 16.4 Å². The van der Waals surface area contributed by atoms with Gasteiger partial charge in [0, 0.05) is 29.0 Å². The van der Waals surface area contributed by atoms with E-state index >= 15 is 0 Å². The fourth-order valence-corrected chi connectivity index (χ4v) is 3.14. The van der Waals surface area contributed by atoms with Crippen LogP contribution < -0.4 is 5.32 Å². The zero-order chi connectivity index (χ0) is 14.3. The highest BCUT2D eigenvalue weighted by molar-refractivity contribution is 7.15. The molecule has 3 aromatic rings. The molecular weight excluding hydrogens is 280 g/mol. The molecule has 0 atom stereocenters. The number of rotatable bonds is 7. The average Bonchev–Trinajstić information content (AvgIpc) is 3.19. The Kier molecular flexibility index (Phi) is 4.76. The van der Waals surface area contributed by atoms with Crippen LogP contribution in [0.2, 0.25) is 0 Å². The second-order valence-corrected chi connectivity index (χ2v) is 6.00. The number of aromatic nitrogens is 3. The summed E-state index contributed by atoms with van der Waals surface area (Å²) < 4.78 is 1.86. The predicted molar refractivity (Wildman–Crippen MR) is 86.1 cm³/mol.